The van der Waals surface area contributed by atoms with Gasteiger partial charge in [-0.3, -0.25) is 18.7 Å². The van der Waals surface area contributed by atoms with Crippen molar-refractivity contribution in [2.75, 3.05) is 18.0 Å². The van der Waals surface area contributed by atoms with Crippen molar-refractivity contribution < 1.29 is 9.59 Å². The molecule has 0 saturated carbocycles. The highest BCUT2D eigenvalue weighted by Gasteiger charge is 2.35. The summed E-state index contributed by atoms with van der Waals surface area (Å²) in [6.07, 6.45) is 5.52. The van der Waals surface area contributed by atoms with Crippen LogP contribution in [-0.4, -0.2) is 54.9 Å². The highest BCUT2D eigenvalue weighted by Crippen LogP contribution is 2.29. The molecule has 2 aliphatic heterocycles. The van der Waals surface area contributed by atoms with Crippen molar-refractivity contribution in [2.45, 2.75) is 52.4 Å². The van der Waals surface area contributed by atoms with Crippen LogP contribution in [0.3, 0.4) is 0 Å². The molecule has 2 aromatic heterocycles. The number of nitrogens with one attached hydrogen (secondary N) is 1. The van der Waals surface area contributed by atoms with E-state index in [4.69, 9.17) is 11.6 Å². The van der Waals surface area contributed by atoms with Crippen LogP contribution in [0.1, 0.15) is 58.8 Å². The minimum Gasteiger partial charge on any atom is -0.371 e. The van der Waals surface area contributed by atoms with Crippen molar-refractivity contribution in [3.8, 4) is 16.9 Å². The molecule has 5 aromatic rings. The van der Waals surface area contributed by atoms with Gasteiger partial charge in [0.1, 0.15) is 12.0 Å². The van der Waals surface area contributed by atoms with E-state index in [2.05, 4.69) is 43.0 Å². The van der Waals surface area contributed by atoms with Gasteiger partial charge in [0.15, 0.2) is 0 Å². The van der Waals surface area contributed by atoms with Gasteiger partial charge in [-0.1, -0.05) is 42.8 Å². The number of hydrogen-bond acceptors (Lipinski definition) is 6. The zero-order valence-corrected chi connectivity index (χ0v) is 30.2. The van der Waals surface area contributed by atoms with Crippen molar-refractivity contribution in [3.05, 3.63) is 128 Å². The Labute approximate surface area is 303 Å². The summed E-state index contributed by atoms with van der Waals surface area (Å²) in [5, 5.41) is 3.50. The number of carbonyl (C=O) groups excluding carboxylic acids is 2. The minimum atomic E-state index is -0.420. The smallest absolute Gasteiger partial charge is 0.333 e. The van der Waals surface area contributed by atoms with Crippen LogP contribution in [-0.2, 0) is 19.6 Å². The quantitative estimate of drug-likeness (QED) is 0.198. The first-order chi connectivity index (χ1) is 24.2. The fourth-order valence-electron chi connectivity index (χ4n) is 7.03. The Bertz CT molecular complexity index is 2120. The van der Waals surface area contributed by atoms with Crippen LogP contribution in [0, 0.1) is 5.92 Å². The van der Waals surface area contributed by atoms with Crippen LogP contribution in [0.2, 0.25) is 5.02 Å². The third-order valence-electron chi connectivity index (χ3n) is 9.63. The number of imidazole rings is 1. The predicted molar refractivity (Wildman–Crippen MR) is 198 cm³/mol. The second kappa shape index (κ2) is 14.2. The average molecular weight is 755 g/mol. The topological polar surface area (TPSA) is 105 Å². The van der Waals surface area contributed by atoms with Crippen molar-refractivity contribution in [3.63, 3.8) is 0 Å². The van der Waals surface area contributed by atoms with Crippen LogP contribution in [0.5, 0.6) is 0 Å². The van der Waals surface area contributed by atoms with E-state index in [1.165, 1.54) is 17.3 Å². The van der Waals surface area contributed by atoms with Crippen LogP contribution >= 0.6 is 27.5 Å². The fraction of sp³-hybridized carbons (Fsp3) is 0.289. The molecule has 1 saturated heterocycles. The molecule has 1 fully saturated rings. The predicted octanol–water partition coefficient (Wildman–Crippen LogP) is 6.72. The SMILES string of the molecule is C[C@H]1CCCN(c2ccc(-n3c(C(=O)NCc4ccccc4-c4ccncn4)c4n(c3=O)C[C@@H](C)N(C(=O)c3ccc(Br)c(Cl)c3)C4)cc2)C1. The van der Waals surface area contributed by atoms with Crippen LogP contribution in [0.4, 0.5) is 5.69 Å². The molecular weight excluding hydrogens is 718 g/mol. The molecule has 10 nitrogen and oxygen atoms in total. The van der Waals surface area contributed by atoms with Gasteiger partial charge in [0.05, 0.1) is 28.6 Å². The van der Waals surface area contributed by atoms with E-state index in [0.717, 1.165) is 42.0 Å². The molecule has 50 heavy (non-hydrogen) atoms. The lowest BCUT2D eigenvalue weighted by Crippen LogP contribution is -2.47. The second-order valence-corrected chi connectivity index (χ2v) is 14.3. The number of halogens is 2. The van der Waals surface area contributed by atoms with Gasteiger partial charge in [-0.15, -0.1) is 0 Å². The molecule has 0 unspecified atom stereocenters. The Balaban J connectivity index is 1.26. The number of carbonyl (C=O) groups is 2. The molecule has 0 radical (unpaired) electrons. The Hall–Kier alpha value is -4.74. The third-order valence-corrected chi connectivity index (χ3v) is 10.9. The number of rotatable bonds is 7. The van der Waals surface area contributed by atoms with Crippen molar-refractivity contribution in [2.24, 2.45) is 5.92 Å². The van der Waals surface area contributed by atoms with Crippen molar-refractivity contribution in [1.82, 2.24) is 29.3 Å². The second-order valence-electron chi connectivity index (χ2n) is 13.1. The number of piperidine rings is 1. The number of nitrogens with zero attached hydrogens (tertiary/aromatic N) is 6. The largest absolute Gasteiger partial charge is 0.371 e. The van der Waals surface area contributed by atoms with Crippen LogP contribution < -0.4 is 15.9 Å². The summed E-state index contributed by atoms with van der Waals surface area (Å²) in [5.74, 6) is -0.0420. The van der Waals surface area contributed by atoms with E-state index in [1.54, 1.807) is 33.9 Å². The summed E-state index contributed by atoms with van der Waals surface area (Å²) in [4.78, 5) is 55.0. The van der Waals surface area contributed by atoms with E-state index in [0.29, 0.717) is 32.4 Å². The first-order valence-electron chi connectivity index (χ1n) is 16.8. The van der Waals surface area contributed by atoms with E-state index in [-0.39, 0.29) is 43.0 Å². The monoisotopic (exact) mass is 753 g/mol. The van der Waals surface area contributed by atoms with Crippen molar-refractivity contribution in [1.29, 1.82) is 0 Å². The highest BCUT2D eigenvalue weighted by molar-refractivity contribution is 9.10. The maximum Gasteiger partial charge on any atom is 0.333 e. The van der Waals surface area contributed by atoms with Crippen molar-refractivity contribution >= 4 is 45.0 Å². The molecule has 0 aliphatic carbocycles. The van der Waals surface area contributed by atoms with Gasteiger partial charge >= 0.3 is 5.69 Å². The number of amides is 2. The Morgan fingerprint density at radius 3 is 2.52 bits per heavy atom. The number of hydrogen-bond donors (Lipinski definition) is 1. The first-order valence-corrected chi connectivity index (χ1v) is 17.9. The van der Waals surface area contributed by atoms with Gasteiger partial charge in [0.25, 0.3) is 11.8 Å². The van der Waals surface area contributed by atoms with E-state index in [9.17, 15) is 14.4 Å². The standard InChI is InChI=1S/C38H37BrClN7O3/c1-24-6-5-17-44(20-24)28-10-12-29(13-11-28)47-35(36(48)42-19-27-7-3-4-8-30(27)33-15-16-41-23-43-33)34-22-45(25(2)21-46(34)38(47)50)37(49)26-9-14-31(39)32(40)18-26/h3-4,7-16,18,23-25H,5-6,17,19-22H2,1-2H3,(H,42,48)/t24-,25+/m0/s1. The Kier molecular flexibility index (Phi) is 9.61. The lowest BCUT2D eigenvalue weighted by atomic mass is 10.00. The summed E-state index contributed by atoms with van der Waals surface area (Å²) < 4.78 is 3.81. The van der Waals surface area contributed by atoms with Crippen LogP contribution in [0.15, 0.2) is 94.6 Å². The molecule has 12 heteroatoms. The average Bonchev–Trinajstić information content (AvgIpc) is 3.42. The molecule has 256 valence electrons. The van der Waals surface area contributed by atoms with Gasteiger partial charge in [-0.2, -0.15) is 0 Å². The van der Waals surface area contributed by atoms with Gasteiger partial charge < -0.3 is 15.1 Å². The zero-order valence-electron chi connectivity index (χ0n) is 27.9. The number of benzene rings is 3. The van der Waals surface area contributed by atoms with E-state index < -0.39 is 5.91 Å². The zero-order chi connectivity index (χ0) is 34.9. The number of anilines is 1. The molecule has 2 aliphatic rings. The fourth-order valence-corrected chi connectivity index (χ4v) is 7.45. The van der Waals surface area contributed by atoms with Gasteiger partial charge in [0.2, 0.25) is 0 Å². The summed E-state index contributed by atoms with van der Waals surface area (Å²) >= 11 is 9.74. The normalized spacial score (nSPS) is 17.4. The summed E-state index contributed by atoms with van der Waals surface area (Å²) in [6.45, 7) is 6.64. The molecule has 3 aromatic carbocycles. The van der Waals surface area contributed by atoms with Gasteiger partial charge in [0, 0.05) is 59.7 Å². The maximum atomic E-state index is 14.4. The first kappa shape index (κ1) is 33.7. The van der Waals surface area contributed by atoms with E-state index in [1.807, 2.05) is 61.5 Å². The summed E-state index contributed by atoms with van der Waals surface area (Å²) in [5.41, 5.74) is 4.92. The molecule has 0 bridgehead atoms. The Morgan fingerprint density at radius 1 is 1.00 bits per heavy atom. The van der Waals surface area contributed by atoms with Gasteiger partial charge in [-0.05, 0) is 95.7 Å². The molecule has 4 heterocycles. The van der Waals surface area contributed by atoms with Gasteiger partial charge in [-0.25, -0.2) is 14.8 Å². The highest BCUT2D eigenvalue weighted by atomic mass is 79.9. The molecule has 2 amide bonds. The lowest BCUT2D eigenvalue weighted by molar-refractivity contribution is 0.0610. The Morgan fingerprint density at radius 2 is 1.78 bits per heavy atom. The maximum absolute atomic E-state index is 14.4. The molecule has 7 rings (SSSR count). The minimum absolute atomic E-state index is 0.0694. The summed E-state index contributed by atoms with van der Waals surface area (Å²) in [6, 6.07) is 22.1. The molecule has 2 atom stereocenters. The number of aromatic nitrogens is 4. The lowest BCUT2D eigenvalue weighted by Gasteiger charge is -2.34. The van der Waals surface area contributed by atoms with E-state index >= 15 is 0 Å². The molecule has 1 N–H and O–H groups in total. The molecule has 0 spiro atoms. The third kappa shape index (κ3) is 6.59. The molecular formula is C38H37BrClN7O3. The van der Waals surface area contributed by atoms with Crippen LogP contribution in [0.25, 0.3) is 16.9 Å². The summed E-state index contributed by atoms with van der Waals surface area (Å²) in [7, 11) is 0. The number of fused-ring (bicyclic) bond motifs is 1.